The van der Waals surface area contributed by atoms with Crippen LogP contribution in [0.5, 0.6) is 11.5 Å². The van der Waals surface area contributed by atoms with E-state index in [0.717, 1.165) is 12.8 Å². The fraction of sp³-hybridized carbons (Fsp3) is 0.235. The van der Waals surface area contributed by atoms with Crippen molar-refractivity contribution < 1.29 is 9.47 Å². The molecule has 0 bridgehead atoms. The summed E-state index contributed by atoms with van der Waals surface area (Å²) in [7, 11) is 1.58. The minimum absolute atomic E-state index is 0.00281. The van der Waals surface area contributed by atoms with E-state index < -0.39 is 0 Å². The van der Waals surface area contributed by atoms with Crippen LogP contribution in [0.1, 0.15) is 17.5 Å². The first-order chi connectivity index (χ1) is 10.2. The van der Waals surface area contributed by atoms with Crippen LogP contribution in [0.25, 0.3) is 0 Å². The van der Waals surface area contributed by atoms with E-state index in [1.807, 2.05) is 18.2 Å². The third-order valence-electron chi connectivity index (χ3n) is 3.15. The van der Waals surface area contributed by atoms with Gasteiger partial charge in [0.2, 0.25) is 0 Å². The van der Waals surface area contributed by atoms with E-state index >= 15 is 0 Å². The highest BCUT2D eigenvalue weighted by Crippen LogP contribution is 2.22. The molecule has 0 saturated heterocycles. The molecule has 0 unspecified atom stereocenters. The molecular formula is C17H20N2O2. The van der Waals surface area contributed by atoms with Crippen molar-refractivity contribution >= 4 is 5.84 Å². The minimum Gasteiger partial charge on any atom is -0.497 e. The van der Waals surface area contributed by atoms with Gasteiger partial charge in [-0.2, -0.15) is 0 Å². The summed E-state index contributed by atoms with van der Waals surface area (Å²) in [5.41, 5.74) is 7.42. The van der Waals surface area contributed by atoms with Gasteiger partial charge in [0.25, 0.3) is 0 Å². The Labute approximate surface area is 125 Å². The Bertz CT molecular complexity index is 597. The minimum atomic E-state index is 0.00281. The van der Waals surface area contributed by atoms with Crippen molar-refractivity contribution in [2.75, 3.05) is 13.7 Å². The zero-order valence-corrected chi connectivity index (χ0v) is 12.1. The number of nitrogens with one attached hydrogen (secondary N) is 1. The Morgan fingerprint density at radius 3 is 2.48 bits per heavy atom. The van der Waals surface area contributed by atoms with Crippen LogP contribution >= 0.6 is 0 Å². The highest BCUT2D eigenvalue weighted by molar-refractivity contribution is 5.95. The zero-order valence-electron chi connectivity index (χ0n) is 12.1. The molecule has 21 heavy (non-hydrogen) atoms. The lowest BCUT2D eigenvalue weighted by atomic mass is 10.1. The number of hydrogen-bond donors (Lipinski definition) is 2. The summed E-state index contributed by atoms with van der Waals surface area (Å²) < 4.78 is 10.9. The van der Waals surface area contributed by atoms with Gasteiger partial charge < -0.3 is 15.2 Å². The molecule has 0 aliphatic carbocycles. The Kier molecular flexibility index (Phi) is 5.21. The second-order valence-electron chi connectivity index (χ2n) is 4.75. The maximum Gasteiger partial charge on any atom is 0.123 e. The average Bonchev–Trinajstić information content (AvgIpc) is 2.52. The van der Waals surface area contributed by atoms with Crippen molar-refractivity contribution in [3.63, 3.8) is 0 Å². The van der Waals surface area contributed by atoms with Gasteiger partial charge in [-0.3, -0.25) is 5.41 Å². The van der Waals surface area contributed by atoms with Crippen molar-refractivity contribution in [3.05, 3.63) is 59.7 Å². The fourth-order valence-corrected chi connectivity index (χ4v) is 2.04. The predicted octanol–water partition coefficient (Wildman–Crippen LogP) is 2.99. The van der Waals surface area contributed by atoms with Gasteiger partial charge in [-0.05, 0) is 30.5 Å². The first-order valence-electron chi connectivity index (χ1n) is 6.89. The Morgan fingerprint density at radius 2 is 1.81 bits per heavy atom. The summed E-state index contributed by atoms with van der Waals surface area (Å²) >= 11 is 0. The molecule has 110 valence electrons. The molecule has 0 fully saturated rings. The Morgan fingerprint density at radius 1 is 1.10 bits per heavy atom. The van der Waals surface area contributed by atoms with Crippen LogP contribution in [0.15, 0.2) is 48.5 Å². The van der Waals surface area contributed by atoms with Crippen LogP contribution in [0.3, 0.4) is 0 Å². The quantitative estimate of drug-likeness (QED) is 0.466. The molecule has 2 rings (SSSR count). The van der Waals surface area contributed by atoms with Gasteiger partial charge in [0.1, 0.15) is 17.3 Å². The Balaban J connectivity index is 1.90. The van der Waals surface area contributed by atoms with E-state index in [1.165, 1.54) is 5.56 Å². The monoisotopic (exact) mass is 284 g/mol. The molecule has 0 aliphatic rings. The van der Waals surface area contributed by atoms with Gasteiger partial charge >= 0.3 is 0 Å². The number of amidine groups is 1. The summed E-state index contributed by atoms with van der Waals surface area (Å²) in [6, 6.07) is 15.6. The third kappa shape index (κ3) is 4.53. The third-order valence-corrected chi connectivity index (χ3v) is 3.15. The molecule has 0 heterocycles. The van der Waals surface area contributed by atoms with Gasteiger partial charge in [0, 0.05) is 11.6 Å². The maximum atomic E-state index is 7.50. The van der Waals surface area contributed by atoms with Crippen LogP contribution < -0.4 is 15.2 Å². The summed E-state index contributed by atoms with van der Waals surface area (Å²) in [4.78, 5) is 0. The van der Waals surface area contributed by atoms with E-state index in [9.17, 15) is 0 Å². The molecule has 0 spiro atoms. The van der Waals surface area contributed by atoms with Crippen molar-refractivity contribution in [3.8, 4) is 11.5 Å². The number of hydrogen-bond acceptors (Lipinski definition) is 3. The number of ether oxygens (including phenoxy) is 2. The van der Waals surface area contributed by atoms with E-state index in [-0.39, 0.29) is 5.84 Å². The van der Waals surface area contributed by atoms with E-state index in [1.54, 1.807) is 25.3 Å². The predicted molar refractivity (Wildman–Crippen MR) is 84.3 cm³/mol. The number of aryl methyl sites for hydroxylation is 1. The molecule has 3 N–H and O–H groups in total. The highest BCUT2D eigenvalue weighted by atomic mass is 16.5. The lowest BCUT2D eigenvalue weighted by Crippen LogP contribution is -2.11. The smallest absolute Gasteiger partial charge is 0.123 e. The van der Waals surface area contributed by atoms with E-state index in [0.29, 0.717) is 23.7 Å². The van der Waals surface area contributed by atoms with E-state index in [4.69, 9.17) is 20.6 Å². The van der Waals surface area contributed by atoms with E-state index in [2.05, 4.69) is 12.1 Å². The summed E-state index contributed by atoms with van der Waals surface area (Å²) in [5, 5.41) is 7.50. The number of nitrogens with two attached hydrogens (primary N) is 1. The second-order valence-corrected chi connectivity index (χ2v) is 4.75. The SMILES string of the molecule is COc1cc(OCCCc2ccccc2)cc(C(=N)N)c1. The average molecular weight is 284 g/mol. The van der Waals surface area contributed by atoms with Crippen LogP contribution in [0.4, 0.5) is 0 Å². The van der Waals surface area contributed by atoms with Crippen LogP contribution in [-0.2, 0) is 6.42 Å². The lowest BCUT2D eigenvalue weighted by Gasteiger charge is -2.10. The van der Waals surface area contributed by atoms with Crippen molar-refractivity contribution in [1.82, 2.24) is 0 Å². The molecule has 2 aromatic rings. The lowest BCUT2D eigenvalue weighted by molar-refractivity contribution is 0.308. The molecule has 0 aromatic heterocycles. The first kappa shape index (κ1) is 14.9. The summed E-state index contributed by atoms with van der Waals surface area (Å²) in [6.07, 6.45) is 1.90. The van der Waals surface area contributed by atoms with Crippen LogP contribution in [0.2, 0.25) is 0 Å². The normalized spacial score (nSPS) is 10.1. The summed E-state index contributed by atoms with van der Waals surface area (Å²) in [5.74, 6) is 1.32. The van der Waals surface area contributed by atoms with Crippen LogP contribution in [-0.4, -0.2) is 19.6 Å². The largest absolute Gasteiger partial charge is 0.497 e. The second kappa shape index (κ2) is 7.33. The molecule has 0 saturated carbocycles. The molecule has 4 nitrogen and oxygen atoms in total. The Hall–Kier alpha value is -2.49. The van der Waals surface area contributed by atoms with Gasteiger partial charge in [-0.1, -0.05) is 30.3 Å². The highest BCUT2D eigenvalue weighted by Gasteiger charge is 2.04. The molecule has 2 aromatic carbocycles. The zero-order chi connectivity index (χ0) is 15.1. The molecule has 0 aliphatic heterocycles. The standard InChI is InChI=1S/C17H20N2O2/c1-20-15-10-14(17(18)19)11-16(12-15)21-9-5-8-13-6-3-2-4-7-13/h2-4,6-7,10-12H,5,8-9H2,1H3,(H3,18,19). The molecule has 4 heteroatoms. The number of rotatable bonds is 7. The van der Waals surface area contributed by atoms with Gasteiger partial charge in [0.05, 0.1) is 13.7 Å². The van der Waals surface area contributed by atoms with Gasteiger partial charge in [-0.25, -0.2) is 0 Å². The van der Waals surface area contributed by atoms with Crippen molar-refractivity contribution in [1.29, 1.82) is 5.41 Å². The molecule has 0 amide bonds. The topological polar surface area (TPSA) is 68.3 Å². The van der Waals surface area contributed by atoms with Crippen molar-refractivity contribution in [2.45, 2.75) is 12.8 Å². The van der Waals surface area contributed by atoms with Gasteiger partial charge in [0.15, 0.2) is 0 Å². The fourth-order valence-electron chi connectivity index (χ4n) is 2.04. The number of methoxy groups -OCH3 is 1. The number of nitrogen functional groups attached to an aromatic ring is 1. The first-order valence-corrected chi connectivity index (χ1v) is 6.89. The summed E-state index contributed by atoms with van der Waals surface area (Å²) in [6.45, 7) is 0.611. The van der Waals surface area contributed by atoms with Gasteiger partial charge in [-0.15, -0.1) is 0 Å². The molecular weight excluding hydrogens is 264 g/mol. The maximum absolute atomic E-state index is 7.50. The molecule has 0 radical (unpaired) electrons. The molecule has 0 atom stereocenters. The van der Waals surface area contributed by atoms with Crippen LogP contribution in [0, 0.1) is 5.41 Å². The number of benzene rings is 2. The van der Waals surface area contributed by atoms with Crippen molar-refractivity contribution in [2.24, 2.45) is 5.73 Å².